The van der Waals surface area contributed by atoms with Gasteiger partial charge in [-0.1, -0.05) is 6.42 Å². The molecule has 0 N–H and O–H groups in total. The van der Waals surface area contributed by atoms with E-state index >= 15 is 0 Å². The Bertz CT molecular complexity index is 253. The van der Waals surface area contributed by atoms with Crippen LogP contribution < -0.4 is 0 Å². The lowest BCUT2D eigenvalue weighted by Crippen LogP contribution is -2.43. The van der Waals surface area contributed by atoms with Crippen molar-refractivity contribution in [2.45, 2.75) is 38.5 Å². The maximum absolute atomic E-state index is 6.30. The predicted octanol–water partition coefficient (Wildman–Crippen LogP) is 4.05. The number of hydrogen-bond acceptors (Lipinski definition) is 0. The minimum Gasteiger partial charge on any atom is -0.126 e. The molecule has 3 aliphatic rings. The first-order chi connectivity index (χ1) is 6.78. The molecular weight excluding hydrogens is 215 g/mol. The van der Waals surface area contributed by atoms with Crippen molar-refractivity contribution in [3.8, 4) is 0 Å². The van der Waals surface area contributed by atoms with Crippen LogP contribution in [-0.4, -0.2) is 11.8 Å². The fourth-order valence-electron chi connectivity index (χ4n) is 4.97. The third-order valence-corrected chi connectivity index (χ3v) is 6.60. The van der Waals surface area contributed by atoms with Gasteiger partial charge in [0.2, 0.25) is 0 Å². The standard InChI is InChI=1S/C12H18Cl2/c13-7-11-5-3-9(6-11)10-2-1-4-12(10,11)8-14/h9-10H,1-8H2. The molecule has 3 rings (SSSR count). The quantitative estimate of drug-likeness (QED) is 0.631. The Hall–Kier alpha value is 0.580. The van der Waals surface area contributed by atoms with Crippen molar-refractivity contribution in [3.05, 3.63) is 0 Å². The molecule has 80 valence electrons. The molecule has 0 aromatic carbocycles. The van der Waals surface area contributed by atoms with E-state index in [9.17, 15) is 0 Å². The second-order valence-corrected chi connectivity index (χ2v) is 6.24. The van der Waals surface area contributed by atoms with Crippen LogP contribution in [0.2, 0.25) is 0 Å². The normalized spacial score (nSPS) is 55.3. The minimum absolute atomic E-state index is 0.433. The molecule has 0 aromatic rings. The molecule has 4 atom stereocenters. The van der Waals surface area contributed by atoms with E-state index in [-0.39, 0.29) is 0 Å². The summed E-state index contributed by atoms with van der Waals surface area (Å²) in [6, 6.07) is 0. The van der Waals surface area contributed by atoms with Crippen LogP contribution in [0, 0.1) is 22.7 Å². The summed E-state index contributed by atoms with van der Waals surface area (Å²) in [5.41, 5.74) is 0.876. The number of alkyl halides is 2. The van der Waals surface area contributed by atoms with Crippen LogP contribution in [0.3, 0.4) is 0 Å². The summed E-state index contributed by atoms with van der Waals surface area (Å²) >= 11 is 12.6. The van der Waals surface area contributed by atoms with Crippen LogP contribution in [0.4, 0.5) is 0 Å². The maximum atomic E-state index is 6.30. The van der Waals surface area contributed by atoms with E-state index in [1.807, 2.05) is 0 Å². The highest BCUT2D eigenvalue weighted by Crippen LogP contribution is 2.73. The van der Waals surface area contributed by atoms with Crippen LogP contribution >= 0.6 is 23.2 Å². The van der Waals surface area contributed by atoms with E-state index in [0.717, 1.165) is 23.6 Å². The predicted molar refractivity (Wildman–Crippen MR) is 61.0 cm³/mol. The van der Waals surface area contributed by atoms with Crippen LogP contribution in [0.15, 0.2) is 0 Å². The molecule has 0 heterocycles. The summed E-state index contributed by atoms with van der Waals surface area (Å²) < 4.78 is 0. The van der Waals surface area contributed by atoms with Crippen LogP contribution in [-0.2, 0) is 0 Å². The third kappa shape index (κ3) is 0.888. The van der Waals surface area contributed by atoms with Crippen molar-refractivity contribution in [1.82, 2.24) is 0 Å². The van der Waals surface area contributed by atoms with E-state index in [1.54, 1.807) is 0 Å². The monoisotopic (exact) mass is 232 g/mol. The number of halogens is 2. The molecule has 0 aromatic heterocycles. The van der Waals surface area contributed by atoms with E-state index < -0.39 is 0 Å². The average molecular weight is 233 g/mol. The average Bonchev–Trinajstić information content (AvgIpc) is 2.88. The van der Waals surface area contributed by atoms with Gasteiger partial charge in [0.15, 0.2) is 0 Å². The van der Waals surface area contributed by atoms with Crippen LogP contribution in [0.5, 0.6) is 0 Å². The zero-order valence-corrected chi connectivity index (χ0v) is 10.1. The second kappa shape index (κ2) is 3.04. The molecule has 3 fully saturated rings. The van der Waals surface area contributed by atoms with Crippen molar-refractivity contribution in [2.75, 3.05) is 11.8 Å². The lowest BCUT2D eigenvalue weighted by atomic mass is 9.61. The summed E-state index contributed by atoms with van der Waals surface area (Å²) in [4.78, 5) is 0. The molecule has 3 saturated carbocycles. The highest BCUT2D eigenvalue weighted by Gasteiger charge is 2.66. The molecule has 2 bridgehead atoms. The molecule has 0 spiro atoms. The Morgan fingerprint density at radius 2 is 1.93 bits per heavy atom. The Morgan fingerprint density at radius 3 is 2.64 bits per heavy atom. The molecule has 0 amide bonds. The first kappa shape index (κ1) is 9.78. The summed E-state index contributed by atoms with van der Waals surface area (Å²) in [7, 11) is 0. The molecule has 0 saturated heterocycles. The Balaban J connectivity index is 2.04. The molecule has 0 nitrogen and oxygen atoms in total. The van der Waals surface area contributed by atoms with Gasteiger partial charge in [-0.05, 0) is 54.8 Å². The van der Waals surface area contributed by atoms with Gasteiger partial charge in [-0.2, -0.15) is 0 Å². The largest absolute Gasteiger partial charge is 0.126 e. The SMILES string of the molecule is ClCC12CCC(C1)C1CCCC12CCl. The van der Waals surface area contributed by atoms with Crippen molar-refractivity contribution in [1.29, 1.82) is 0 Å². The Labute approximate surface area is 96.3 Å². The number of fused-ring (bicyclic) bond motifs is 5. The van der Waals surface area contributed by atoms with E-state index in [2.05, 4.69) is 0 Å². The van der Waals surface area contributed by atoms with Gasteiger partial charge < -0.3 is 0 Å². The van der Waals surface area contributed by atoms with Crippen molar-refractivity contribution in [2.24, 2.45) is 22.7 Å². The second-order valence-electron chi connectivity index (χ2n) is 5.71. The lowest BCUT2D eigenvalue weighted by Gasteiger charge is -2.46. The Kier molecular flexibility index (Phi) is 2.13. The molecule has 2 heteroatoms. The van der Waals surface area contributed by atoms with Crippen molar-refractivity contribution >= 4 is 23.2 Å². The first-order valence-electron chi connectivity index (χ1n) is 5.90. The van der Waals surface area contributed by atoms with Gasteiger partial charge in [-0.15, -0.1) is 23.2 Å². The minimum atomic E-state index is 0.433. The molecule has 0 aliphatic heterocycles. The van der Waals surface area contributed by atoms with Crippen LogP contribution in [0.25, 0.3) is 0 Å². The highest BCUT2D eigenvalue weighted by atomic mass is 35.5. The first-order valence-corrected chi connectivity index (χ1v) is 6.97. The topological polar surface area (TPSA) is 0 Å². The van der Waals surface area contributed by atoms with E-state index in [4.69, 9.17) is 23.2 Å². The summed E-state index contributed by atoms with van der Waals surface area (Å²) in [5.74, 6) is 3.61. The van der Waals surface area contributed by atoms with Gasteiger partial charge >= 0.3 is 0 Å². The highest BCUT2D eigenvalue weighted by molar-refractivity contribution is 6.19. The lowest BCUT2D eigenvalue weighted by molar-refractivity contribution is 0.0640. The molecule has 4 unspecified atom stereocenters. The zero-order chi connectivity index (χ0) is 9.81. The molecule has 3 aliphatic carbocycles. The molecule has 14 heavy (non-hydrogen) atoms. The fraction of sp³-hybridized carbons (Fsp3) is 1.00. The Morgan fingerprint density at radius 1 is 1.07 bits per heavy atom. The van der Waals surface area contributed by atoms with Gasteiger partial charge in [-0.3, -0.25) is 0 Å². The van der Waals surface area contributed by atoms with E-state index in [0.29, 0.717) is 10.8 Å². The molecule has 0 radical (unpaired) electrons. The van der Waals surface area contributed by atoms with Gasteiger partial charge in [0.1, 0.15) is 0 Å². The van der Waals surface area contributed by atoms with Gasteiger partial charge in [0.25, 0.3) is 0 Å². The van der Waals surface area contributed by atoms with E-state index in [1.165, 1.54) is 38.5 Å². The fourth-order valence-corrected chi connectivity index (χ4v) is 6.09. The summed E-state index contributed by atoms with van der Waals surface area (Å²) in [5, 5.41) is 0. The van der Waals surface area contributed by atoms with Crippen molar-refractivity contribution in [3.63, 3.8) is 0 Å². The molecular formula is C12H18Cl2. The summed E-state index contributed by atoms with van der Waals surface area (Å²) in [6.45, 7) is 0. The van der Waals surface area contributed by atoms with Gasteiger partial charge in [0.05, 0.1) is 0 Å². The third-order valence-electron chi connectivity index (χ3n) is 5.61. The smallest absolute Gasteiger partial charge is 0.0288 e. The van der Waals surface area contributed by atoms with Gasteiger partial charge in [0, 0.05) is 11.8 Å². The number of hydrogen-bond donors (Lipinski definition) is 0. The maximum Gasteiger partial charge on any atom is 0.0288 e. The van der Waals surface area contributed by atoms with Crippen LogP contribution in [0.1, 0.15) is 38.5 Å². The number of rotatable bonds is 2. The zero-order valence-electron chi connectivity index (χ0n) is 8.57. The van der Waals surface area contributed by atoms with Gasteiger partial charge in [-0.25, -0.2) is 0 Å². The van der Waals surface area contributed by atoms with Crippen molar-refractivity contribution < 1.29 is 0 Å². The summed E-state index contributed by atoms with van der Waals surface area (Å²) in [6.07, 6.45) is 8.33.